The number of ether oxygens (including phenoxy) is 1. The molecule has 27 heavy (non-hydrogen) atoms. The number of aromatic nitrogens is 2. The number of benzene rings is 1. The smallest absolute Gasteiger partial charge is 0.238 e. The Morgan fingerprint density at radius 3 is 2.81 bits per heavy atom. The zero-order chi connectivity index (χ0) is 19.6. The first kappa shape index (κ1) is 19.4. The highest BCUT2D eigenvalue weighted by molar-refractivity contribution is 6.31. The molecule has 8 heteroatoms. The van der Waals surface area contributed by atoms with E-state index in [1.807, 2.05) is 25.8 Å². The lowest BCUT2D eigenvalue weighted by Crippen LogP contribution is -2.60. The summed E-state index contributed by atoms with van der Waals surface area (Å²) in [6.45, 7) is 5.98. The largest absolute Gasteiger partial charge is 0.495 e. The van der Waals surface area contributed by atoms with Gasteiger partial charge in [0.15, 0.2) is 0 Å². The predicted molar refractivity (Wildman–Crippen MR) is 107 cm³/mol. The Labute approximate surface area is 164 Å². The van der Waals surface area contributed by atoms with Crippen molar-refractivity contribution in [2.45, 2.75) is 19.9 Å². The van der Waals surface area contributed by atoms with Crippen molar-refractivity contribution in [3.8, 4) is 5.75 Å². The first-order valence-electron chi connectivity index (χ1n) is 8.75. The minimum absolute atomic E-state index is 0.106. The highest BCUT2D eigenvalue weighted by Crippen LogP contribution is 2.28. The number of hydrogen-bond acceptors (Lipinski definition) is 6. The maximum atomic E-state index is 12.4. The van der Waals surface area contributed by atoms with Crippen LogP contribution in [0.2, 0.25) is 5.02 Å². The summed E-state index contributed by atoms with van der Waals surface area (Å²) >= 11 is 6.01. The standard InChI is InChI=1S/C19H24ClN5O2/c1-12-13(2)21-11-22-19(12)25-8-15(9-25)24(3)10-18(26)23-16-7-14(20)5-6-17(16)27-4/h5-7,11,15H,8-10H2,1-4H3,(H,23,26). The van der Waals surface area contributed by atoms with Gasteiger partial charge in [0.05, 0.1) is 19.3 Å². The number of anilines is 2. The fourth-order valence-corrected chi connectivity index (χ4v) is 3.25. The molecule has 1 aliphatic rings. The number of likely N-dealkylation sites (N-methyl/N-ethyl adjacent to an activating group) is 1. The van der Waals surface area contributed by atoms with Gasteiger partial charge in [0, 0.05) is 35.4 Å². The average Bonchev–Trinajstić information content (AvgIpc) is 2.57. The molecule has 1 aliphatic heterocycles. The molecule has 0 unspecified atom stereocenters. The van der Waals surface area contributed by atoms with Gasteiger partial charge >= 0.3 is 0 Å². The van der Waals surface area contributed by atoms with Gasteiger partial charge in [0.1, 0.15) is 17.9 Å². The zero-order valence-electron chi connectivity index (χ0n) is 16.0. The Balaban J connectivity index is 1.54. The van der Waals surface area contributed by atoms with E-state index in [1.165, 1.54) is 0 Å². The van der Waals surface area contributed by atoms with Crippen LogP contribution in [-0.4, -0.2) is 60.6 Å². The third kappa shape index (κ3) is 4.31. The molecule has 1 N–H and O–H groups in total. The first-order valence-corrected chi connectivity index (χ1v) is 9.13. The second kappa shape index (κ2) is 8.10. The summed E-state index contributed by atoms with van der Waals surface area (Å²) in [6, 6.07) is 5.44. The summed E-state index contributed by atoms with van der Waals surface area (Å²) in [5, 5.41) is 3.42. The maximum absolute atomic E-state index is 12.4. The fraction of sp³-hybridized carbons (Fsp3) is 0.421. The van der Waals surface area contributed by atoms with Gasteiger partial charge in [-0.3, -0.25) is 9.69 Å². The van der Waals surface area contributed by atoms with Gasteiger partial charge in [0.2, 0.25) is 5.91 Å². The molecule has 0 atom stereocenters. The van der Waals surface area contributed by atoms with Crippen LogP contribution in [0.5, 0.6) is 5.75 Å². The molecule has 0 bridgehead atoms. The summed E-state index contributed by atoms with van der Waals surface area (Å²) in [6.07, 6.45) is 1.60. The van der Waals surface area contributed by atoms with Crippen LogP contribution in [0.3, 0.4) is 0 Å². The summed E-state index contributed by atoms with van der Waals surface area (Å²) in [5.74, 6) is 1.45. The molecule has 3 rings (SSSR count). The molecule has 0 spiro atoms. The first-order chi connectivity index (χ1) is 12.9. The minimum Gasteiger partial charge on any atom is -0.495 e. The third-order valence-electron chi connectivity index (χ3n) is 4.92. The SMILES string of the molecule is COc1ccc(Cl)cc1NC(=O)CN(C)C1CN(c2ncnc(C)c2C)C1. The lowest BCUT2D eigenvalue weighted by Gasteiger charge is -2.45. The number of nitrogens with zero attached hydrogens (tertiary/aromatic N) is 4. The molecule has 7 nitrogen and oxygen atoms in total. The number of rotatable bonds is 6. The Bertz CT molecular complexity index is 839. The molecule has 0 radical (unpaired) electrons. The lowest BCUT2D eigenvalue weighted by molar-refractivity contribution is -0.117. The second-order valence-electron chi connectivity index (χ2n) is 6.77. The second-order valence-corrected chi connectivity index (χ2v) is 7.21. The van der Waals surface area contributed by atoms with Crippen LogP contribution in [-0.2, 0) is 4.79 Å². The molecule has 2 aromatic rings. The van der Waals surface area contributed by atoms with Crippen molar-refractivity contribution >= 4 is 29.0 Å². The van der Waals surface area contributed by atoms with Crippen molar-refractivity contribution in [3.05, 3.63) is 40.8 Å². The molecule has 1 saturated heterocycles. The molecule has 1 amide bonds. The van der Waals surface area contributed by atoms with E-state index in [4.69, 9.17) is 16.3 Å². The van der Waals surface area contributed by atoms with Gasteiger partial charge in [-0.25, -0.2) is 9.97 Å². The summed E-state index contributed by atoms with van der Waals surface area (Å²) < 4.78 is 5.26. The van der Waals surface area contributed by atoms with Crippen molar-refractivity contribution < 1.29 is 9.53 Å². The van der Waals surface area contributed by atoms with E-state index in [0.717, 1.165) is 30.2 Å². The van der Waals surface area contributed by atoms with E-state index in [1.54, 1.807) is 31.6 Å². The van der Waals surface area contributed by atoms with Crippen molar-refractivity contribution in [3.63, 3.8) is 0 Å². The van der Waals surface area contributed by atoms with Crippen molar-refractivity contribution in [1.29, 1.82) is 0 Å². The van der Waals surface area contributed by atoms with E-state index in [0.29, 0.717) is 22.5 Å². The normalized spacial score (nSPS) is 14.2. The summed E-state index contributed by atoms with van der Waals surface area (Å²) in [7, 11) is 3.51. The number of amides is 1. The number of nitrogens with one attached hydrogen (secondary N) is 1. The highest BCUT2D eigenvalue weighted by Gasteiger charge is 2.32. The summed E-state index contributed by atoms with van der Waals surface area (Å²) in [4.78, 5) is 25.3. The Morgan fingerprint density at radius 2 is 2.11 bits per heavy atom. The molecule has 144 valence electrons. The van der Waals surface area contributed by atoms with Crippen molar-refractivity contribution in [2.24, 2.45) is 0 Å². The van der Waals surface area contributed by atoms with Gasteiger partial charge < -0.3 is 15.0 Å². The zero-order valence-corrected chi connectivity index (χ0v) is 16.7. The predicted octanol–water partition coefficient (Wildman–Crippen LogP) is 2.51. The molecular formula is C19H24ClN5O2. The lowest BCUT2D eigenvalue weighted by atomic mass is 10.1. The van der Waals surface area contributed by atoms with E-state index >= 15 is 0 Å². The van der Waals surface area contributed by atoms with Crippen LogP contribution in [0.1, 0.15) is 11.3 Å². The number of carbonyl (C=O) groups is 1. The fourth-order valence-electron chi connectivity index (χ4n) is 3.07. The van der Waals surface area contributed by atoms with Crippen molar-refractivity contribution in [1.82, 2.24) is 14.9 Å². The maximum Gasteiger partial charge on any atom is 0.238 e. The molecule has 2 heterocycles. The average molecular weight is 390 g/mol. The minimum atomic E-state index is -0.106. The molecule has 1 aromatic carbocycles. The Morgan fingerprint density at radius 1 is 1.37 bits per heavy atom. The van der Waals surface area contributed by atoms with Gasteiger partial charge in [-0.1, -0.05) is 11.6 Å². The number of halogens is 1. The van der Waals surface area contributed by atoms with Gasteiger partial charge in [-0.2, -0.15) is 0 Å². The number of aryl methyl sites for hydroxylation is 1. The number of carbonyl (C=O) groups excluding carboxylic acids is 1. The van der Waals surface area contributed by atoms with Crippen LogP contribution < -0.4 is 15.0 Å². The van der Waals surface area contributed by atoms with Gasteiger partial charge in [0.25, 0.3) is 0 Å². The quantitative estimate of drug-likeness (QED) is 0.818. The van der Waals surface area contributed by atoms with Crippen LogP contribution in [0, 0.1) is 13.8 Å². The highest BCUT2D eigenvalue weighted by atomic mass is 35.5. The van der Waals surface area contributed by atoms with E-state index < -0.39 is 0 Å². The van der Waals surface area contributed by atoms with Crippen LogP contribution in [0.4, 0.5) is 11.5 Å². The topological polar surface area (TPSA) is 70.6 Å². The molecule has 1 fully saturated rings. The monoisotopic (exact) mass is 389 g/mol. The van der Waals surface area contributed by atoms with E-state index in [2.05, 4.69) is 20.2 Å². The molecule has 0 aliphatic carbocycles. The Kier molecular flexibility index (Phi) is 5.82. The molecule has 1 aromatic heterocycles. The molecular weight excluding hydrogens is 366 g/mol. The van der Waals surface area contributed by atoms with E-state index in [9.17, 15) is 4.79 Å². The third-order valence-corrected chi connectivity index (χ3v) is 5.16. The van der Waals surface area contributed by atoms with Gasteiger partial charge in [-0.05, 0) is 39.1 Å². The summed E-state index contributed by atoms with van der Waals surface area (Å²) in [5.41, 5.74) is 2.67. The Hall–Kier alpha value is -2.38. The van der Waals surface area contributed by atoms with Crippen LogP contribution in [0.15, 0.2) is 24.5 Å². The number of methoxy groups -OCH3 is 1. The van der Waals surface area contributed by atoms with Crippen molar-refractivity contribution in [2.75, 3.05) is 44.0 Å². The van der Waals surface area contributed by atoms with Gasteiger partial charge in [-0.15, -0.1) is 0 Å². The van der Waals surface area contributed by atoms with E-state index in [-0.39, 0.29) is 12.5 Å². The van der Waals surface area contributed by atoms with Crippen LogP contribution in [0.25, 0.3) is 0 Å². The van der Waals surface area contributed by atoms with Crippen LogP contribution >= 0.6 is 11.6 Å². The molecule has 0 saturated carbocycles. The number of hydrogen-bond donors (Lipinski definition) is 1.